The molecule has 0 bridgehead atoms. The Morgan fingerprint density at radius 3 is 3.00 bits per heavy atom. The quantitative estimate of drug-likeness (QED) is 0.781. The van der Waals surface area contributed by atoms with Gasteiger partial charge in [0.05, 0.1) is 0 Å². The van der Waals surface area contributed by atoms with Crippen LogP contribution in [0.1, 0.15) is 12.8 Å². The molecule has 0 atom stereocenters. The molecule has 0 amide bonds. The number of likely N-dealkylation sites (tertiary alicyclic amines) is 1. The summed E-state index contributed by atoms with van der Waals surface area (Å²) < 4.78 is 5.44. The summed E-state index contributed by atoms with van der Waals surface area (Å²) in [7, 11) is 2.15. The molecule has 0 aliphatic carbocycles. The topological polar surface area (TPSA) is 80.0 Å². The van der Waals surface area contributed by atoms with E-state index < -0.39 is 0 Å². The molecule has 0 radical (unpaired) electrons. The van der Waals surface area contributed by atoms with Gasteiger partial charge in [-0.25, -0.2) is 9.97 Å². The van der Waals surface area contributed by atoms with Crippen molar-refractivity contribution >= 4 is 17.2 Å². The number of nitrogens with one attached hydrogen (secondary N) is 1. The summed E-state index contributed by atoms with van der Waals surface area (Å²) in [5, 5.41) is 11.6. The number of hydrogen-bond donors (Lipinski definition) is 1. The van der Waals surface area contributed by atoms with Gasteiger partial charge in [-0.1, -0.05) is 5.16 Å². The van der Waals surface area contributed by atoms with E-state index in [9.17, 15) is 0 Å². The molecule has 4 heterocycles. The lowest BCUT2D eigenvalue weighted by atomic mass is 10.1. The zero-order valence-corrected chi connectivity index (χ0v) is 14.2. The highest BCUT2D eigenvalue weighted by Gasteiger charge is 2.20. The number of nitrogens with zero attached hydrogens (tertiary/aromatic N) is 5. The Labute approximate surface area is 143 Å². The molecule has 24 heavy (non-hydrogen) atoms. The monoisotopic (exact) mass is 342 g/mol. The van der Waals surface area contributed by atoms with Crippen LogP contribution in [0.15, 0.2) is 33.9 Å². The minimum absolute atomic E-state index is 0.397. The molecule has 8 heteroatoms. The Hall–Kier alpha value is -2.32. The van der Waals surface area contributed by atoms with Gasteiger partial charge in [0.1, 0.15) is 17.7 Å². The van der Waals surface area contributed by atoms with Crippen molar-refractivity contribution < 1.29 is 4.52 Å². The van der Waals surface area contributed by atoms with Gasteiger partial charge < -0.3 is 14.7 Å². The molecule has 1 aliphatic rings. The molecule has 1 aliphatic heterocycles. The predicted molar refractivity (Wildman–Crippen MR) is 92.8 cm³/mol. The second kappa shape index (κ2) is 6.66. The van der Waals surface area contributed by atoms with E-state index in [0.717, 1.165) is 42.9 Å². The zero-order chi connectivity index (χ0) is 16.4. The van der Waals surface area contributed by atoms with Crippen LogP contribution < -0.4 is 5.32 Å². The summed E-state index contributed by atoms with van der Waals surface area (Å²) in [6.45, 7) is 2.17. The van der Waals surface area contributed by atoms with E-state index in [0.29, 0.717) is 17.8 Å². The number of rotatable bonds is 4. The summed E-state index contributed by atoms with van der Waals surface area (Å²) in [4.78, 5) is 15.3. The lowest BCUT2D eigenvalue weighted by molar-refractivity contribution is 0.263. The molecule has 124 valence electrons. The van der Waals surface area contributed by atoms with Crippen molar-refractivity contribution in [1.29, 1.82) is 0 Å². The van der Waals surface area contributed by atoms with Gasteiger partial charge in [0.25, 0.3) is 5.89 Å². The Morgan fingerprint density at radius 1 is 1.33 bits per heavy atom. The number of thiophene rings is 1. The van der Waals surface area contributed by atoms with Crippen LogP contribution in [0.4, 0.5) is 5.82 Å². The average molecular weight is 342 g/mol. The maximum atomic E-state index is 5.44. The molecule has 3 aromatic rings. The van der Waals surface area contributed by atoms with Gasteiger partial charge in [0, 0.05) is 23.2 Å². The third-order valence-electron chi connectivity index (χ3n) is 4.21. The van der Waals surface area contributed by atoms with E-state index in [2.05, 4.69) is 37.4 Å². The summed E-state index contributed by atoms with van der Waals surface area (Å²) in [6, 6.07) is 2.37. The fourth-order valence-corrected chi connectivity index (χ4v) is 3.42. The SMILES string of the molecule is CN1CCC(Nc2ncncc2-c2nc(-c3ccsc3)no2)CC1. The van der Waals surface area contributed by atoms with Gasteiger partial charge in [-0.15, -0.1) is 0 Å². The smallest absolute Gasteiger partial charge is 0.263 e. The molecule has 3 aromatic heterocycles. The van der Waals surface area contributed by atoms with Crippen molar-refractivity contribution in [2.75, 3.05) is 25.5 Å². The van der Waals surface area contributed by atoms with Crippen molar-refractivity contribution in [1.82, 2.24) is 25.0 Å². The first kappa shape index (κ1) is 15.2. The normalized spacial score (nSPS) is 16.4. The van der Waals surface area contributed by atoms with Crippen molar-refractivity contribution in [3.05, 3.63) is 29.4 Å². The third kappa shape index (κ3) is 3.15. The number of hydrogen-bond acceptors (Lipinski definition) is 8. The number of anilines is 1. The first-order chi connectivity index (χ1) is 11.8. The zero-order valence-electron chi connectivity index (χ0n) is 13.3. The number of piperidine rings is 1. The van der Waals surface area contributed by atoms with E-state index in [1.54, 1.807) is 17.5 Å². The van der Waals surface area contributed by atoms with Gasteiger partial charge >= 0.3 is 0 Å². The fraction of sp³-hybridized carbons (Fsp3) is 0.375. The van der Waals surface area contributed by atoms with Crippen LogP contribution in [-0.4, -0.2) is 51.2 Å². The molecular weight excluding hydrogens is 324 g/mol. The Morgan fingerprint density at radius 2 is 2.21 bits per heavy atom. The predicted octanol–water partition coefficient (Wildman–Crippen LogP) is 2.76. The summed E-state index contributed by atoms with van der Waals surface area (Å²) in [6.07, 6.45) is 5.43. The summed E-state index contributed by atoms with van der Waals surface area (Å²) >= 11 is 1.60. The van der Waals surface area contributed by atoms with Crippen LogP contribution in [0.2, 0.25) is 0 Å². The third-order valence-corrected chi connectivity index (χ3v) is 4.89. The van der Waals surface area contributed by atoms with E-state index in [-0.39, 0.29) is 0 Å². The van der Waals surface area contributed by atoms with Crippen LogP contribution in [0, 0.1) is 0 Å². The highest BCUT2D eigenvalue weighted by molar-refractivity contribution is 7.08. The first-order valence-electron chi connectivity index (χ1n) is 7.91. The summed E-state index contributed by atoms with van der Waals surface area (Å²) in [5.74, 6) is 1.77. The van der Waals surface area contributed by atoms with Crippen molar-refractivity contribution in [2.24, 2.45) is 0 Å². The standard InChI is InChI=1S/C16H18N6OS/c1-22-5-2-12(3-6-22)19-15-13(8-17-10-18-15)16-20-14(21-23-16)11-4-7-24-9-11/h4,7-10,12H,2-3,5-6H2,1H3,(H,17,18,19). The van der Waals surface area contributed by atoms with Gasteiger partial charge in [-0.05, 0) is 44.4 Å². The van der Waals surface area contributed by atoms with Gasteiger partial charge in [0.15, 0.2) is 0 Å². The van der Waals surface area contributed by atoms with E-state index in [1.165, 1.54) is 6.33 Å². The van der Waals surface area contributed by atoms with Gasteiger partial charge in [0.2, 0.25) is 5.82 Å². The Balaban J connectivity index is 1.57. The molecule has 0 aromatic carbocycles. The highest BCUT2D eigenvalue weighted by atomic mass is 32.1. The Kier molecular flexibility index (Phi) is 4.22. The van der Waals surface area contributed by atoms with Crippen molar-refractivity contribution in [3.63, 3.8) is 0 Å². The number of aromatic nitrogens is 4. The van der Waals surface area contributed by atoms with Crippen LogP contribution in [-0.2, 0) is 0 Å². The second-order valence-electron chi connectivity index (χ2n) is 5.94. The average Bonchev–Trinajstić information content (AvgIpc) is 3.28. The molecular formula is C16H18N6OS. The van der Waals surface area contributed by atoms with Crippen LogP contribution >= 0.6 is 11.3 Å². The van der Waals surface area contributed by atoms with E-state index >= 15 is 0 Å². The fourth-order valence-electron chi connectivity index (χ4n) is 2.79. The largest absolute Gasteiger partial charge is 0.366 e. The molecule has 1 fully saturated rings. The second-order valence-corrected chi connectivity index (χ2v) is 6.72. The highest BCUT2D eigenvalue weighted by Crippen LogP contribution is 2.28. The Bertz CT molecular complexity index is 795. The lowest BCUT2D eigenvalue weighted by Gasteiger charge is -2.30. The minimum Gasteiger partial charge on any atom is -0.366 e. The van der Waals surface area contributed by atoms with Gasteiger partial charge in [-0.2, -0.15) is 16.3 Å². The minimum atomic E-state index is 0.397. The van der Waals surface area contributed by atoms with E-state index in [4.69, 9.17) is 4.52 Å². The molecule has 0 unspecified atom stereocenters. The molecule has 1 N–H and O–H groups in total. The van der Waals surface area contributed by atoms with Crippen molar-refractivity contribution in [2.45, 2.75) is 18.9 Å². The maximum absolute atomic E-state index is 5.44. The van der Waals surface area contributed by atoms with Crippen LogP contribution in [0.25, 0.3) is 22.8 Å². The molecule has 4 rings (SSSR count). The van der Waals surface area contributed by atoms with Crippen LogP contribution in [0.3, 0.4) is 0 Å². The molecule has 0 spiro atoms. The van der Waals surface area contributed by atoms with E-state index in [1.807, 2.05) is 16.8 Å². The molecule has 0 saturated carbocycles. The molecule has 1 saturated heterocycles. The van der Waals surface area contributed by atoms with Crippen molar-refractivity contribution in [3.8, 4) is 22.8 Å². The van der Waals surface area contributed by atoms with Crippen LogP contribution in [0.5, 0.6) is 0 Å². The van der Waals surface area contributed by atoms with Gasteiger partial charge in [-0.3, -0.25) is 0 Å². The maximum Gasteiger partial charge on any atom is 0.263 e. The first-order valence-corrected chi connectivity index (χ1v) is 8.85. The summed E-state index contributed by atoms with van der Waals surface area (Å²) in [5.41, 5.74) is 1.70. The molecule has 7 nitrogen and oxygen atoms in total. The lowest BCUT2D eigenvalue weighted by Crippen LogP contribution is -2.37.